The van der Waals surface area contributed by atoms with Crippen molar-refractivity contribution in [2.75, 3.05) is 20.1 Å². The van der Waals surface area contributed by atoms with Crippen molar-refractivity contribution in [1.29, 1.82) is 0 Å². The molecule has 1 atom stereocenters. The van der Waals surface area contributed by atoms with E-state index in [4.69, 9.17) is 4.52 Å². The van der Waals surface area contributed by atoms with Crippen LogP contribution < -0.4 is 5.32 Å². The number of hydrogen-bond acceptors (Lipinski definition) is 5. The molecule has 7 heteroatoms. The van der Waals surface area contributed by atoms with Crippen molar-refractivity contribution < 1.29 is 9.32 Å². The number of urea groups is 1. The van der Waals surface area contributed by atoms with Crippen LogP contribution in [0, 0.1) is 5.92 Å². The van der Waals surface area contributed by atoms with Gasteiger partial charge in [-0.05, 0) is 24.5 Å². The molecule has 1 fully saturated rings. The Morgan fingerprint density at radius 3 is 3.05 bits per heavy atom. The summed E-state index contributed by atoms with van der Waals surface area (Å²) in [4.78, 5) is 21.7. The van der Waals surface area contributed by atoms with Crippen molar-refractivity contribution >= 4 is 6.03 Å². The van der Waals surface area contributed by atoms with E-state index in [1.165, 1.54) is 0 Å². The number of hydrogen-bond donors (Lipinski definition) is 1. The number of rotatable bonds is 3. The molecule has 0 unspecified atom stereocenters. The molecule has 0 aromatic carbocycles. The molecule has 110 valence electrons. The Bertz CT molecular complexity index is 613. The Morgan fingerprint density at radius 2 is 2.29 bits per heavy atom. The first-order valence-corrected chi connectivity index (χ1v) is 6.96. The largest absolute Gasteiger partial charge is 0.341 e. The van der Waals surface area contributed by atoms with Gasteiger partial charge in [-0.3, -0.25) is 4.98 Å². The molecule has 21 heavy (non-hydrogen) atoms. The maximum absolute atomic E-state index is 11.6. The van der Waals surface area contributed by atoms with Gasteiger partial charge in [-0.1, -0.05) is 5.16 Å². The lowest BCUT2D eigenvalue weighted by molar-refractivity contribution is 0.209. The first-order valence-electron chi connectivity index (χ1n) is 6.96. The third-order valence-corrected chi connectivity index (χ3v) is 3.65. The van der Waals surface area contributed by atoms with Crippen LogP contribution in [0.25, 0.3) is 11.5 Å². The van der Waals surface area contributed by atoms with Gasteiger partial charge in [0.25, 0.3) is 5.89 Å². The number of carbonyl (C=O) groups excluding carboxylic acids is 1. The van der Waals surface area contributed by atoms with Crippen LogP contribution in [0.15, 0.2) is 29.0 Å². The average Bonchev–Trinajstić information content (AvgIpc) is 3.17. The zero-order valence-electron chi connectivity index (χ0n) is 11.8. The Kier molecular flexibility index (Phi) is 3.81. The van der Waals surface area contributed by atoms with Gasteiger partial charge in [0.2, 0.25) is 0 Å². The summed E-state index contributed by atoms with van der Waals surface area (Å²) < 4.78 is 5.27. The van der Waals surface area contributed by atoms with E-state index in [-0.39, 0.29) is 6.03 Å². The number of carbonyl (C=O) groups is 1. The van der Waals surface area contributed by atoms with Crippen LogP contribution in [0.5, 0.6) is 0 Å². The Balaban J connectivity index is 1.62. The fourth-order valence-corrected chi connectivity index (χ4v) is 2.55. The minimum absolute atomic E-state index is 0.0249. The summed E-state index contributed by atoms with van der Waals surface area (Å²) in [6, 6.07) is 3.64. The minimum atomic E-state index is -0.0249. The number of pyridine rings is 1. The van der Waals surface area contributed by atoms with Gasteiger partial charge in [-0.15, -0.1) is 0 Å². The van der Waals surface area contributed by atoms with Crippen LogP contribution >= 0.6 is 0 Å². The van der Waals surface area contributed by atoms with Crippen LogP contribution in [0.4, 0.5) is 4.79 Å². The molecule has 1 aliphatic heterocycles. The van der Waals surface area contributed by atoms with Gasteiger partial charge in [0.1, 0.15) is 0 Å². The van der Waals surface area contributed by atoms with E-state index in [1.54, 1.807) is 19.4 Å². The van der Waals surface area contributed by atoms with Crippen LogP contribution in [0.2, 0.25) is 0 Å². The fourth-order valence-electron chi connectivity index (χ4n) is 2.55. The summed E-state index contributed by atoms with van der Waals surface area (Å²) in [6.45, 7) is 1.51. The van der Waals surface area contributed by atoms with Gasteiger partial charge in [-0.2, -0.15) is 4.98 Å². The molecular formula is C14H17N5O2. The summed E-state index contributed by atoms with van der Waals surface area (Å²) >= 11 is 0. The Morgan fingerprint density at radius 1 is 1.48 bits per heavy atom. The monoisotopic (exact) mass is 287 g/mol. The Labute approximate surface area is 122 Å². The molecule has 3 heterocycles. The van der Waals surface area contributed by atoms with E-state index < -0.39 is 0 Å². The first kappa shape index (κ1) is 13.5. The lowest BCUT2D eigenvalue weighted by Crippen LogP contribution is -2.36. The summed E-state index contributed by atoms with van der Waals surface area (Å²) in [5.74, 6) is 1.57. The highest BCUT2D eigenvalue weighted by molar-refractivity contribution is 5.74. The SMILES string of the molecule is CNC(=O)N1CC[C@H](Cc2noc(-c3ccncc3)n2)C1. The standard InChI is InChI=1S/C14H17N5O2/c1-15-14(20)19-7-4-10(9-19)8-12-17-13(21-18-12)11-2-5-16-6-3-11/h2-3,5-6,10H,4,7-9H2,1H3,(H,15,20)/t10-/m1/s1. The zero-order chi connectivity index (χ0) is 14.7. The molecule has 3 rings (SSSR count). The second-order valence-electron chi connectivity index (χ2n) is 5.11. The molecule has 2 aromatic heterocycles. The second-order valence-corrected chi connectivity index (χ2v) is 5.11. The van der Waals surface area contributed by atoms with Crippen LogP contribution in [-0.2, 0) is 6.42 Å². The van der Waals surface area contributed by atoms with Crippen LogP contribution in [0.1, 0.15) is 12.2 Å². The lowest BCUT2D eigenvalue weighted by atomic mass is 10.1. The normalized spacial score (nSPS) is 18.0. The van der Waals surface area contributed by atoms with Gasteiger partial charge < -0.3 is 14.7 Å². The maximum Gasteiger partial charge on any atom is 0.317 e. The first-order chi connectivity index (χ1) is 10.3. The molecular weight excluding hydrogens is 270 g/mol. The summed E-state index contributed by atoms with van der Waals surface area (Å²) in [5, 5.41) is 6.67. The van der Waals surface area contributed by atoms with E-state index in [0.717, 1.165) is 31.5 Å². The van der Waals surface area contributed by atoms with Gasteiger partial charge in [0, 0.05) is 44.5 Å². The van der Waals surface area contributed by atoms with E-state index in [1.807, 2.05) is 17.0 Å². The van der Waals surface area contributed by atoms with E-state index in [0.29, 0.717) is 17.6 Å². The summed E-state index contributed by atoms with van der Waals surface area (Å²) in [6.07, 6.45) is 5.07. The van der Waals surface area contributed by atoms with Crippen LogP contribution in [-0.4, -0.2) is 46.2 Å². The van der Waals surface area contributed by atoms with Crippen molar-refractivity contribution in [3.8, 4) is 11.5 Å². The molecule has 2 amide bonds. The highest BCUT2D eigenvalue weighted by atomic mass is 16.5. The third kappa shape index (κ3) is 3.01. The quantitative estimate of drug-likeness (QED) is 0.920. The van der Waals surface area contributed by atoms with Gasteiger partial charge >= 0.3 is 6.03 Å². The van der Waals surface area contributed by atoms with Crippen molar-refractivity contribution in [2.45, 2.75) is 12.8 Å². The second kappa shape index (κ2) is 5.90. The molecule has 0 aliphatic carbocycles. The highest BCUT2D eigenvalue weighted by Crippen LogP contribution is 2.21. The van der Waals surface area contributed by atoms with Gasteiger partial charge in [0.05, 0.1) is 0 Å². The van der Waals surface area contributed by atoms with Gasteiger partial charge in [-0.25, -0.2) is 4.79 Å². The van der Waals surface area contributed by atoms with Crippen molar-refractivity contribution in [3.05, 3.63) is 30.4 Å². The minimum Gasteiger partial charge on any atom is -0.341 e. The fraction of sp³-hybridized carbons (Fsp3) is 0.429. The molecule has 2 aromatic rings. The molecule has 0 spiro atoms. The third-order valence-electron chi connectivity index (χ3n) is 3.65. The van der Waals surface area contributed by atoms with Crippen LogP contribution in [0.3, 0.4) is 0 Å². The number of nitrogens with one attached hydrogen (secondary N) is 1. The average molecular weight is 287 g/mol. The number of nitrogens with zero attached hydrogens (tertiary/aromatic N) is 4. The van der Waals surface area contributed by atoms with E-state index in [9.17, 15) is 4.79 Å². The molecule has 7 nitrogen and oxygen atoms in total. The summed E-state index contributed by atoms with van der Waals surface area (Å²) in [7, 11) is 1.65. The number of aromatic nitrogens is 3. The van der Waals surface area contributed by atoms with Crippen molar-refractivity contribution in [3.63, 3.8) is 0 Å². The van der Waals surface area contributed by atoms with E-state index in [2.05, 4.69) is 20.4 Å². The predicted octanol–water partition coefficient (Wildman–Crippen LogP) is 1.34. The Hall–Kier alpha value is -2.44. The van der Waals surface area contributed by atoms with Gasteiger partial charge in [0.15, 0.2) is 5.82 Å². The lowest BCUT2D eigenvalue weighted by Gasteiger charge is -2.14. The number of amides is 2. The molecule has 1 N–H and O–H groups in total. The highest BCUT2D eigenvalue weighted by Gasteiger charge is 2.27. The molecule has 1 aliphatic rings. The topological polar surface area (TPSA) is 84.2 Å². The van der Waals surface area contributed by atoms with Crippen molar-refractivity contribution in [1.82, 2.24) is 25.3 Å². The number of likely N-dealkylation sites (tertiary alicyclic amines) is 1. The molecule has 0 bridgehead atoms. The van der Waals surface area contributed by atoms with E-state index >= 15 is 0 Å². The smallest absolute Gasteiger partial charge is 0.317 e. The predicted molar refractivity (Wildman–Crippen MR) is 75.4 cm³/mol. The summed E-state index contributed by atoms with van der Waals surface area (Å²) in [5.41, 5.74) is 0.863. The maximum atomic E-state index is 11.6. The molecule has 0 radical (unpaired) electrons. The zero-order valence-corrected chi connectivity index (χ0v) is 11.8. The molecule has 1 saturated heterocycles. The van der Waals surface area contributed by atoms with Crippen molar-refractivity contribution in [2.24, 2.45) is 5.92 Å². The molecule has 0 saturated carbocycles.